The van der Waals surface area contributed by atoms with Crippen molar-refractivity contribution in [2.24, 2.45) is 12.5 Å². The predicted molar refractivity (Wildman–Crippen MR) is 113 cm³/mol. The number of benzene rings is 1. The predicted octanol–water partition coefficient (Wildman–Crippen LogP) is 1.96. The summed E-state index contributed by atoms with van der Waals surface area (Å²) in [6, 6.07) is 7.12. The number of rotatable bonds is 2. The van der Waals surface area contributed by atoms with Crippen LogP contribution in [0, 0.1) is 5.41 Å². The number of carbonyl (C=O) groups is 2. The standard InChI is InChI=1S/C23H26N4O4/c1-26-20(29)23(25-21(26)30)18-10-14(16-11-19(28)27(2)24-13-16)4-5-15(18)12-22(23)8-6-17(31-3)7-9-22/h4-5,10-11,13,17H,6-9,12H2,1-3H3,(H,25,30). The summed E-state index contributed by atoms with van der Waals surface area (Å²) in [5, 5.41) is 7.22. The number of aryl methyl sites for hydroxylation is 1. The minimum Gasteiger partial charge on any atom is -0.381 e. The molecule has 1 saturated carbocycles. The van der Waals surface area contributed by atoms with Crippen LogP contribution in [0.3, 0.4) is 0 Å². The summed E-state index contributed by atoms with van der Waals surface area (Å²) in [6.07, 6.45) is 5.85. The van der Waals surface area contributed by atoms with Gasteiger partial charge in [-0.25, -0.2) is 9.48 Å². The Morgan fingerprint density at radius 2 is 1.84 bits per heavy atom. The Kier molecular flexibility index (Phi) is 4.34. The summed E-state index contributed by atoms with van der Waals surface area (Å²) < 4.78 is 6.84. The van der Waals surface area contributed by atoms with Crippen LogP contribution in [0.15, 0.2) is 35.3 Å². The van der Waals surface area contributed by atoms with Crippen LogP contribution in [0.1, 0.15) is 36.8 Å². The highest BCUT2D eigenvalue weighted by atomic mass is 16.5. The van der Waals surface area contributed by atoms with Crippen LogP contribution in [-0.2, 0) is 28.5 Å². The summed E-state index contributed by atoms with van der Waals surface area (Å²) in [5.41, 5.74) is 1.73. The molecule has 1 unspecified atom stereocenters. The van der Waals surface area contributed by atoms with Gasteiger partial charge in [0.2, 0.25) is 0 Å². The molecule has 2 aliphatic carbocycles. The second-order valence-electron chi connectivity index (χ2n) is 9.01. The summed E-state index contributed by atoms with van der Waals surface area (Å²) in [6.45, 7) is 0. The van der Waals surface area contributed by atoms with Crippen molar-refractivity contribution in [3.63, 3.8) is 0 Å². The number of carbonyl (C=O) groups excluding carboxylic acids is 2. The van der Waals surface area contributed by atoms with Crippen molar-refractivity contribution in [2.75, 3.05) is 14.2 Å². The molecule has 1 aromatic heterocycles. The number of nitrogens with zero attached hydrogens (tertiary/aromatic N) is 3. The van der Waals surface area contributed by atoms with E-state index < -0.39 is 5.54 Å². The minimum atomic E-state index is -1.09. The second-order valence-corrected chi connectivity index (χ2v) is 9.01. The molecule has 0 bridgehead atoms. The van der Waals surface area contributed by atoms with E-state index in [2.05, 4.69) is 10.4 Å². The molecule has 31 heavy (non-hydrogen) atoms. The Labute approximate surface area is 180 Å². The van der Waals surface area contributed by atoms with Gasteiger partial charge in [0.1, 0.15) is 0 Å². The first-order valence-electron chi connectivity index (χ1n) is 10.6. The number of fused-ring (bicyclic) bond motifs is 3. The van der Waals surface area contributed by atoms with Crippen LogP contribution in [0.4, 0.5) is 4.79 Å². The molecule has 0 radical (unpaired) electrons. The van der Waals surface area contributed by atoms with Gasteiger partial charge in [-0.3, -0.25) is 14.5 Å². The van der Waals surface area contributed by atoms with Gasteiger partial charge in [0.25, 0.3) is 11.5 Å². The SMILES string of the molecule is COC1CCC2(CC1)Cc1ccc(-c3cnn(C)c(=O)c3)cc1C21NC(=O)N(C)C1=O. The molecule has 2 heterocycles. The zero-order valence-electron chi connectivity index (χ0n) is 18.0. The number of aromatic nitrogens is 2. The molecule has 3 amide bonds. The largest absolute Gasteiger partial charge is 0.381 e. The topological polar surface area (TPSA) is 93.5 Å². The van der Waals surface area contributed by atoms with Crippen molar-refractivity contribution in [3.8, 4) is 11.1 Å². The summed E-state index contributed by atoms with van der Waals surface area (Å²) >= 11 is 0. The fraction of sp³-hybridized carbons (Fsp3) is 0.478. The number of amides is 3. The molecule has 2 spiro atoms. The zero-order chi connectivity index (χ0) is 22.0. The van der Waals surface area contributed by atoms with Gasteiger partial charge in [-0.15, -0.1) is 0 Å². The van der Waals surface area contributed by atoms with Crippen LogP contribution in [0.25, 0.3) is 11.1 Å². The highest BCUT2D eigenvalue weighted by Crippen LogP contribution is 2.60. The smallest absolute Gasteiger partial charge is 0.325 e. The Balaban J connectivity index is 1.66. The average molecular weight is 422 g/mol. The average Bonchev–Trinajstić information content (AvgIpc) is 3.17. The molecule has 8 heteroatoms. The van der Waals surface area contributed by atoms with E-state index in [4.69, 9.17) is 4.74 Å². The lowest BCUT2D eigenvalue weighted by atomic mass is 9.61. The molecule has 162 valence electrons. The lowest BCUT2D eigenvalue weighted by Crippen LogP contribution is -2.56. The Morgan fingerprint density at radius 1 is 1.10 bits per heavy atom. The second kappa shape index (κ2) is 6.75. The Morgan fingerprint density at radius 3 is 2.45 bits per heavy atom. The van der Waals surface area contributed by atoms with Crippen molar-refractivity contribution in [2.45, 2.75) is 43.7 Å². The van der Waals surface area contributed by atoms with Gasteiger partial charge in [0, 0.05) is 38.2 Å². The lowest BCUT2D eigenvalue weighted by Gasteiger charge is -2.46. The first-order chi connectivity index (χ1) is 14.8. The number of urea groups is 1. The van der Waals surface area contributed by atoms with Crippen molar-refractivity contribution in [1.82, 2.24) is 20.0 Å². The van der Waals surface area contributed by atoms with Crippen molar-refractivity contribution >= 4 is 11.9 Å². The van der Waals surface area contributed by atoms with Gasteiger partial charge in [0.15, 0.2) is 5.54 Å². The third-order valence-corrected chi connectivity index (χ3v) is 7.59. The monoisotopic (exact) mass is 422 g/mol. The van der Waals surface area contributed by atoms with Gasteiger partial charge in [-0.05, 0) is 54.9 Å². The van der Waals surface area contributed by atoms with E-state index in [-0.39, 0.29) is 29.0 Å². The lowest BCUT2D eigenvalue weighted by molar-refractivity contribution is -0.137. The number of likely N-dealkylation sites (N-methyl/N-ethyl adjacent to an activating group) is 1. The van der Waals surface area contributed by atoms with Gasteiger partial charge < -0.3 is 10.1 Å². The maximum atomic E-state index is 13.6. The van der Waals surface area contributed by atoms with Gasteiger partial charge in [0.05, 0.1) is 12.3 Å². The van der Waals surface area contributed by atoms with Crippen LogP contribution in [0.5, 0.6) is 0 Å². The maximum Gasteiger partial charge on any atom is 0.325 e. The Bertz CT molecular complexity index is 1150. The fourth-order valence-corrected chi connectivity index (χ4v) is 5.78. The highest BCUT2D eigenvalue weighted by molar-refractivity contribution is 6.08. The number of hydrogen-bond acceptors (Lipinski definition) is 5. The quantitative estimate of drug-likeness (QED) is 0.747. The molecule has 1 atom stereocenters. The molecule has 1 aliphatic heterocycles. The first-order valence-corrected chi connectivity index (χ1v) is 10.6. The minimum absolute atomic E-state index is 0.179. The fourth-order valence-electron chi connectivity index (χ4n) is 5.78. The normalized spacial score (nSPS) is 29.6. The van der Waals surface area contributed by atoms with E-state index in [1.165, 1.54) is 22.7 Å². The van der Waals surface area contributed by atoms with E-state index in [1.54, 1.807) is 20.4 Å². The molecule has 1 N–H and O–H groups in total. The molecule has 1 aromatic carbocycles. The van der Waals surface area contributed by atoms with Crippen molar-refractivity contribution < 1.29 is 14.3 Å². The van der Waals surface area contributed by atoms with E-state index >= 15 is 0 Å². The summed E-state index contributed by atoms with van der Waals surface area (Å²) in [7, 11) is 4.86. The van der Waals surface area contributed by atoms with Crippen LogP contribution >= 0.6 is 0 Å². The van der Waals surface area contributed by atoms with Crippen molar-refractivity contribution in [3.05, 3.63) is 51.9 Å². The zero-order valence-corrected chi connectivity index (χ0v) is 18.0. The number of ether oxygens (including phenoxy) is 1. The molecule has 8 nitrogen and oxygen atoms in total. The summed E-state index contributed by atoms with van der Waals surface area (Å²) in [5.74, 6) is -0.202. The third-order valence-electron chi connectivity index (χ3n) is 7.59. The van der Waals surface area contributed by atoms with Crippen LogP contribution in [-0.4, -0.2) is 46.9 Å². The molecular weight excluding hydrogens is 396 g/mol. The van der Waals surface area contributed by atoms with E-state index in [9.17, 15) is 14.4 Å². The molecule has 2 aromatic rings. The number of nitrogens with one attached hydrogen (secondary N) is 1. The maximum absolute atomic E-state index is 13.6. The van der Waals surface area contributed by atoms with Gasteiger partial charge in [-0.2, -0.15) is 5.10 Å². The molecule has 5 rings (SSSR count). The van der Waals surface area contributed by atoms with E-state index in [0.717, 1.165) is 48.8 Å². The molecule has 3 aliphatic rings. The Hall–Kier alpha value is -3.00. The van der Waals surface area contributed by atoms with Crippen LogP contribution < -0.4 is 10.9 Å². The molecule has 1 saturated heterocycles. The van der Waals surface area contributed by atoms with E-state index in [1.807, 2.05) is 18.2 Å². The van der Waals surface area contributed by atoms with Crippen molar-refractivity contribution in [1.29, 1.82) is 0 Å². The van der Waals surface area contributed by atoms with Gasteiger partial charge in [-0.1, -0.05) is 12.1 Å². The number of methoxy groups -OCH3 is 1. The summed E-state index contributed by atoms with van der Waals surface area (Å²) in [4.78, 5) is 39.6. The van der Waals surface area contributed by atoms with Crippen LogP contribution in [0.2, 0.25) is 0 Å². The van der Waals surface area contributed by atoms with E-state index in [0.29, 0.717) is 5.56 Å². The molecular formula is C23H26N4O4. The molecule has 2 fully saturated rings. The van der Waals surface area contributed by atoms with Gasteiger partial charge >= 0.3 is 6.03 Å². The first kappa shape index (κ1) is 19.9. The number of imide groups is 1. The number of hydrogen-bond donors (Lipinski definition) is 1. The highest BCUT2D eigenvalue weighted by Gasteiger charge is 2.67. The third kappa shape index (κ3) is 2.64.